The van der Waals surface area contributed by atoms with E-state index in [2.05, 4.69) is 4.98 Å². The molecule has 2 fully saturated rings. The maximum absolute atomic E-state index is 10.6. The molecule has 2 aliphatic carbocycles. The van der Waals surface area contributed by atoms with Crippen LogP contribution in [0.15, 0.2) is 18.5 Å². The van der Waals surface area contributed by atoms with Gasteiger partial charge in [0.05, 0.1) is 10.6 Å². The maximum atomic E-state index is 10.6. The van der Waals surface area contributed by atoms with Crippen LogP contribution in [0.5, 0.6) is 0 Å². The molecule has 1 heterocycles. The predicted octanol–water partition coefficient (Wildman–Crippen LogP) is 2.74. The summed E-state index contributed by atoms with van der Waals surface area (Å²) >= 11 is 6.09. The standard InChI is InChI=1S/C12H14ClNO/c13-11-7-14-6-5-10(11)12(15)8-3-1-2-4-9(8)12/h5-9,15H,1-4H2. The van der Waals surface area contributed by atoms with E-state index < -0.39 is 5.60 Å². The van der Waals surface area contributed by atoms with Gasteiger partial charge in [0.25, 0.3) is 0 Å². The lowest BCUT2D eigenvalue weighted by molar-refractivity contribution is 0.118. The number of halogens is 1. The number of pyridine rings is 1. The van der Waals surface area contributed by atoms with E-state index in [4.69, 9.17) is 11.6 Å². The number of aliphatic hydroxyl groups is 1. The van der Waals surface area contributed by atoms with Crippen molar-refractivity contribution < 1.29 is 5.11 Å². The molecule has 0 bridgehead atoms. The fourth-order valence-corrected chi connectivity index (χ4v) is 3.46. The molecule has 1 aromatic rings. The highest BCUT2D eigenvalue weighted by Gasteiger charge is 2.65. The fourth-order valence-electron chi connectivity index (χ4n) is 3.19. The lowest BCUT2D eigenvalue weighted by Crippen LogP contribution is -2.11. The molecular weight excluding hydrogens is 210 g/mol. The van der Waals surface area contributed by atoms with Crippen molar-refractivity contribution in [2.75, 3.05) is 0 Å². The third-order valence-corrected chi connectivity index (χ3v) is 4.29. The van der Waals surface area contributed by atoms with Crippen LogP contribution in [0.1, 0.15) is 31.2 Å². The second-order valence-electron chi connectivity index (χ2n) is 4.68. The van der Waals surface area contributed by atoms with Crippen molar-refractivity contribution in [3.63, 3.8) is 0 Å². The van der Waals surface area contributed by atoms with Gasteiger partial charge in [0.2, 0.25) is 0 Å². The molecule has 0 aliphatic heterocycles. The van der Waals surface area contributed by atoms with Crippen molar-refractivity contribution in [2.24, 2.45) is 11.8 Å². The molecule has 0 saturated heterocycles. The van der Waals surface area contributed by atoms with Crippen molar-refractivity contribution in [1.29, 1.82) is 0 Å². The van der Waals surface area contributed by atoms with E-state index in [1.165, 1.54) is 12.8 Å². The van der Waals surface area contributed by atoms with Crippen molar-refractivity contribution in [2.45, 2.75) is 31.3 Å². The lowest BCUT2D eigenvalue weighted by atomic mass is 10.0. The van der Waals surface area contributed by atoms with E-state index in [-0.39, 0.29) is 0 Å². The van der Waals surface area contributed by atoms with Gasteiger partial charge in [0.15, 0.2) is 0 Å². The maximum Gasteiger partial charge on any atom is 0.0975 e. The molecule has 2 saturated carbocycles. The summed E-state index contributed by atoms with van der Waals surface area (Å²) in [4.78, 5) is 3.96. The van der Waals surface area contributed by atoms with Gasteiger partial charge in [-0.2, -0.15) is 0 Å². The molecule has 80 valence electrons. The van der Waals surface area contributed by atoms with E-state index in [0.717, 1.165) is 18.4 Å². The Labute approximate surface area is 94.3 Å². The monoisotopic (exact) mass is 223 g/mol. The summed E-state index contributed by atoms with van der Waals surface area (Å²) in [5.41, 5.74) is 0.243. The SMILES string of the molecule is OC1(c2ccncc2Cl)C2CCCCC21. The summed E-state index contributed by atoms with van der Waals surface area (Å²) in [5.74, 6) is 0.872. The van der Waals surface area contributed by atoms with Crippen molar-refractivity contribution >= 4 is 11.6 Å². The Bertz CT molecular complexity index is 381. The van der Waals surface area contributed by atoms with Crippen LogP contribution < -0.4 is 0 Å². The summed E-state index contributed by atoms with van der Waals surface area (Å²) in [6.07, 6.45) is 8.10. The summed E-state index contributed by atoms with van der Waals surface area (Å²) in [5, 5.41) is 11.2. The topological polar surface area (TPSA) is 33.1 Å². The fraction of sp³-hybridized carbons (Fsp3) is 0.583. The van der Waals surface area contributed by atoms with Crippen molar-refractivity contribution in [3.8, 4) is 0 Å². The van der Waals surface area contributed by atoms with E-state index >= 15 is 0 Å². The van der Waals surface area contributed by atoms with Gasteiger partial charge in [-0.3, -0.25) is 4.98 Å². The molecule has 0 aromatic carbocycles. The molecule has 15 heavy (non-hydrogen) atoms. The van der Waals surface area contributed by atoms with E-state index in [1.807, 2.05) is 6.07 Å². The van der Waals surface area contributed by atoms with Gasteiger partial charge in [-0.15, -0.1) is 0 Å². The molecule has 0 spiro atoms. The van der Waals surface area contributed by atoms with Gasteiger partial charge >= 0.3 is 0 Å². The van der Waals surface area contributed by atoms with E-state index in [9.17, 15) is 5.11 Å². The number of aromatic nitrogens is 1. The zero-order valence-corrected chi connectivity index (χ0v) is 9.24. The first kappa shape index (κ1) is 9.61. The molecule has 3 heteroatoms. The normalized spacial score (nSPS) is 38.5. The zero-order chi connectivity index (χ0) is 10.5. The van der Waals surface area contributed by atoms with Crippen LogP contribution >= 0.6 is 11.6 Å². The molecule has 0 radical (unpaired) electrons. The van der Waals surface area contributed by atoms with Gasteiger partial charge in [0, 0.05) is 18.0 Å². The Morgan fingerprint density at radius 2 is 2.00 bits per heavy atom. The third kappa shape index (κ3) is 1.25. The molecule has 2 nitrogen and oxygen atoms in total. The summed E-state index contributed by atoms with van der Waals surface area (Å²) in [6, 6.07) is 1.86. The highest BCUT2D eigenvalue weighted by molar-refractivity contribution is 6.31. The largest absolute Gasteiger partial charge is 0.385 e. The Morgan fingerprint density at radius 1 is 1.33 bits per heavy atom. The van der Waals surface area contributed by atoms with Crippen LogP contribution in [0, 0.1) is 11.8 Å². The van der Waals surface area contributed by atoms with Crippen LogP contribution in [-0.2, 0) is 5.60 Å². The Morgan fingerprint density at radius 3 is 2.60 bits per heavy atom. The second kappa shape index (κ2) is 3.19. The number of rotatable bonds is 1. The van der Waals surface area contributed by atoms with Crippen LogP contribution in [0.2, 0.25) is 5.02 Å². The average Bonchev–Trinajstić information content (AvgIpc) is 2.87. The first-order valence-corrected chi connectivity index (χ1v) is 5.94. The minimum Gasteiger partial charge on any atom is -0.385 e. The minimum absolute atomic E-state index is 0.436. The van der Waals surface area contributed by atoms with Gasteiger partial charge < -0.3 is 5.11 Å². The van der Waals surface area contributed by atoms with E-state index in [0.29, 0.717) is 16.9 Å². The van der Waals surface area contributed by atoms with Gasteiger partial charge in [-0.25, -0.2) is 0 Å². The number of hydrogen-bond acceptors (Lipinski definition) is 2. The smallest absolute Gasteiger partial charge is 0.0975 e. The van der Waals surface area contributed by atoms with E-state index in [1.54, 1.807) is 12.4 Å². The average molecular weight is 224 g/mol. The van der Waals surface area contributed by atoms with Gasteiger partial charge in [0.1, 0.15) is 0 Å². The molecule has 2 atom stereocenters. The van der Waals surface area contributed by atoms with Gasteiger partial charge in [-0.05, 0) is 30.7 Å². The van der Waals surface area contributed by atoms with Crippen molar-refractivity contribution in [1.82, 2.24) is 4.98 Å². The third-order valence-electron chi connectivity index (χ3n) is 3.99. The number of fused-ring (bicyclic) bond motifs is 1. The lowest BCUT2D eigenvalue weighted by Gasteiger charge is -2.12. The molecule has 3 rings (SSSR count). The highest BCUT2D eigenvalue weighted by Crippen LogP contribution is 2.65. The molecule has 2 aliphatic rings. The Balaban J connectivity index is 1.98. The molecule has 2 unspecified atom stereocenters. The predicted molar refractivity (Wildman–Crippen MR) is 58.6 cm³/mol. The minimum atomic E-state index is -0.642. The summed E-state index contributed by atoms with van der Waals surface area (Å²) < 4.78 is 0. The first-order valence-electron chi connectivity index (χ1n) is 5.57. The highest BCUT2D eigenvalue weighted by atomic mass is 35.5. The summed E-state index contributed by atoms with van der Waals surface area (Å²) in [6.45, 7) is 0. The first-order chi connectivity index (χ1) is 7.24. The zero-order valence-electron chi connectivity index (χ0n) is 8.49. The van der Waals surface area contributed by atoms with Crippen LogP contribution in [-0.4, -0.2) is 10.1 Å². The Kier molecular flexibility index (Phi) is 2.05. The molecule has 1 aromatic heterocycles. The van der Waals surface area contributed by atoms with Gasteiger partial charge in [-0.1, -0.05) is 24.4 Å². The van der Waals surface area contributed by atoms with Crippen LogP contribution in [0.3, 0.4) is 0 Å². The molecular formula is C12H14ClNO. The molecule has 0 amide bonds. The van der Waals surface area contributed by atoms with Crippen LogP contribution in [0.25, 0.3) is 0 Å². The summed E-state index contributed by atoms with van der Waals surface area (Å²) in [7, 11) is 0. The quantitative estimate of drug-likeness (QED) is 0.794. The second-order valence-corrected chi connectivity index (χ2v) is 5.09. The van der Waals surface area contributed by atoms with Crippen LogP contribution in [0.4, 0.5) is 0 Å². The molecule has 1 N–H and O–H groups in total. The number of nitrogens with zero attached hydrogens (tertiary/aromatic N) is 1. The van der Waals surface area contributed by atoms with Crippen molar-refractivity contribution in [3.05, 3.63) is 29.0 Å². The number of hydrogen-bond donors (Lipinski definition) is 1. The Hall–Kier alpha value is -0.600.